The van der Waals surface area contributed by atoms with Crippen molar-refractivity contribution in [2.75, 3.05) is 60.6 Å². The van der Waals surface area contributed by atoms with Crippen LogP contribution in [0.1, 0.15) is 13.3 Å². The van der Waals surface area contributed by atoms with Gasteiger partial charge in [0.05, 0.1) is 20.8 Å². The summed E-state index contributed by atoms with van der Waals surface area (Å²) in [5.41, 5.74) is 0. The van der Waals surface area contributed by atoms with Gasteiger partial charge in [-0.3, -0.25) is 9.89 Å². The van der Waals surface area contributed by atoms with Crippen LogP contribution < -0.4 is 19.5 Å². The Labute approximate surface area is 175 Å². The average molecular weight is 432 g/mol. The van der Waals surface area contributed by atoms with Gasteiger partial charge in [-0.2, -0.15) is 13.2 Å². The van der Waals surface area contributed by atoms with E-state index in [4.69, 9.17) is 14.2 Å². The molecule has 0 aromatic heterocycles. The first-order valence-electron chi connectivity index (χ1n) is 9.90. The van der Waals surface area contributed by atoms with Crippen molar-refractivity contribution >= 4 is 5.96 Å². The van der Waals surface area contributed by atoms with Crippen LogP contribution in [0.25, 0.3) is 0 Å². The Morgan fingerprint density at radius 1 is 1.07 bits per heavy atom. The molecule has 7 nitrogen and oxygen atoms in total. The lowest BCUT2D eigenvalue weighted by Crippen LogP contribution is -2.56. The zero-order chi connectivity index (χ0) is 22.1. The highest BCUT2D eigenvalue weighted by molar-refractivity contribution is 5.79. The first-order chi connectivity index (χ1) is 14.3. The van der Waals surface area contributed by atoms with E-state index in [9.17, 15) is 13.2 Å². The Morgan fingerprint density at radius 3 is 2.13 bits per heavy atom. The molecule has 1 fully saturated rings. The molecule has 170 valence electrons. The van der Waals surface area contributed by atoms with Crippen molar-refractivity contribution in [3.8, 4) is 17.2 Å². The molecular formula is C20H31F3N4O3. The van der Waals surface area contributed by atoms with Gasteiger partial charge in [0.1, 0.15) is 23.3 Å². The Balaban J connectivity index is 1.73. The minimum Gasteiger partial charge on any atom is -0.496 e. The zero-order valence-electron chi connectivity index (χ0n) is 18.0. The fraction of sp³-hybridized carbons (Fsp3) is 0.650. The maximum Gasteiger partial charge on any atom is 0.403 e. The second kappa shape index (κ2) is 11.1. The van der Waals surface area contributed by atoms with E-state index in [-0.39, 0.29) is 0 Å². The minimum atomic E-state index is -4.20. The number of piperazine rings is 1. The summed E-state index contributed by atoms with van der Waals surface area (Å²) in [5, 5.41) is 3.25. The molecule has 0 aliphatic carbocycles. The van der Waals surface area contributed by atoms with E-state index in [0.29, 0.717) is 62.5 Å². The highest BCUT2D eigenvalue weighted by atomic mass is 19.4. The summed E-state index contributed by atoms with van der Waals surface area (Å²) >= 11 is 0. The number of rotatable bonds is 8. The predicted molar refractivity (Wildman–Crippen MR) is 110 cm³/mol. The lowest BCUT2D eigenvalue weighted by molar-refractivity contribution is -0.181. The average Bonchev–Trinajstić information content (AvgIpc) is 2.75. The summed E-state index contributed by atoms with van der Waals surface area (Å²) in [6.07, 6.45) is -3.47. The fourth-order valence-electron chi connectivity index (χ4n) is 3.19. The maximum atomic E-state index is 12.9. The maximum absolute atomic E-state index is 12.9. The van der Waals surface area contributed by atoms with Gasteiger partial charge in [0.15, 0.2) is 5.96 Å². The summed E-state index contributed by atoms with van der Waals surface area (Å²) in [6, 6.07) is 3.92. The van der Waals surface area contributed by atoms with Crippen LogP contribution in [0.2, 0.25) is 0 Å². The third kappa shape index (κ3) is 6.86. The van der Waals surface area contributed by atoms with E-state index in [2.05, 4.69) is 10.3 Å². The highest BCUT2D eigenvalue weighted by Gasteiger charge is 2.41. The molecule has 1 atom stereocenters. The summed E-state index contributed by atoms with van der Waals surface area (Å²) in [6.45, 7) is 4.02. The molecular weight excluding hydrogens is 401 g/mol. The number of aliphatic imine (C=N–C) groups is 1. The largest absolute Gasteiger partial charge is 0.496 e. The van der Waals surface area contributed by atoms with Crippen LogP contribution in [-0.4, -0.2) is 88.6 Å². The first kappa shape index (κ1) is 23.9. The van der Waals surface area contributed by atoms with Gasteiger partial charge in [-0.05, 0) is 13.3 Å². The van der Waals surface area contributed by atoms with Crippen LogP contribution in [-0.2, 0) is 0 Å². The van der Waals surface area contributed by atoms with Crippen molar-refractivity contribution in [1.82, 2.24) is 15.1 Å². The van der Waals surface area contributed by atoms with Gasteiger partial charge in [0.2, 0.25) is 0 Å². The molecule has 1 aromatic rings. The monoisotopic (exact) mass is 432 g/mol. The molecule has 0 saturated carbocycles. The van der Waals surface area contributed by atoms with Gasteiger partial charge >= 0.3 is 6.18 Å². The molecule has 2 rings (SSSR count). The number of halogens is 3. The van der Waals surface area contributed by atoms with Gasteiger partial charge in [0.25, 0.3) is 0 Å². The molecule has 1 aliphatic heterocycles. The van der Waals surface area contributed by atoms with Crippen molar-refractivity contribution in [2.45, 2.75) is 25.6 Å². The summed E-state index contributed by atoms with van der Waals surface area (Å²) in [7, 11) is 4.83. The molecule has 0 amide bonds. The van der Waals surface area contributed by atoms with Crippen molar-refractivity contribution in [1.29, 1.82) is 0 Å². The van der Waals surface area contributed by atoms with Gasteiger partial charge in [-0.25, -0.2) is 0 Å². The van der Waals surface area contributed by atoms with Gasteiger partial charge in [-0.1, -0.05) is 0 Å². The van der Waals surface area contributed by atoms with Gasteiger partial charge < -0.3 is 24.4 Å². The first-order valence-corrected chi connectivity index (χ1v) is 9.90. The summed E-state index contributed by atoms with van der Waals surface area (Å²) in [4.78, 5) is 7.69. The Kier molecular flexibility index (Phi) is 8.88. The standard InChI is InChI=1S/C20H31F3N4O3/c1-15(20(21,22)23)26-7-9-27(10-8-26)19(24-2)25-6-5-11-30-18-13-16(28-3)12-17(14-18)29-4/h12-15H,5-11H2,1-4H3,(H,24,25). The minimum absolute atomic E-state index is 0.349. The molecule has 1 saturated heterocycles. The van der Waals surface area contributed by atoms with Gasteiger partial charge in [0, 0.05) is 58.0 Å². The number of nitrogens with one attached hydrogen (secondary N) is 1. The molecule has 0 radical (unpaired) electrons. The molecule has 1 aromatic carbocycles. The number of nitrogens with zero attached hydrogens (tertiary/aromatic N) is 3. The molecule has 0 spiro atoms. The Hall–Kier alpha value is -2.36. The van der Waals surface area contributed by atoms with Crippen LogP contribution in [0.15, 0.2) is 23.2 Å². The van der Waals surface area contributed by atoms with E-state index in [1.165, 1.54) is 11.8 Å². The third-order valence-electron chi connectivity index (χ3n) is 5.04. The second-order valence-corrected chi connectivity index (χ2v) is 6.96. The normalized spacial score (nSPS) is 16.9. The van der Waals surface area contributed by atoms with E-state index < -0.39 is 12.2 Å². The Bertz CT molecular complexity index is 670. The highest BCUT2D eigenvalue weighted by Crippen LogP contribution is 2.27. The molecule has 1 N–H and O–H groups in total. The molecule has 10 heteroatoms. The molecule has 1 aliphatic rings. The lowest BCUT2D eigenvalue weighted by atomic mass is 10.2. The summed E-state index contributed by atoms with van der Waals surface area (Å²) < 4.78 is 54.9. The third-order valence-corrected chi connectivity index (χ3v) is 5.04. The van der Waals surface area contributed by atoms with Gasteiger partial charge in [-0.15, -0.1) is 0 Å². The number of benzene rings is 1. The number of ether oxygens (including phenoxy) is 3. The zero-order valence-corrected chi connectivity index (χ0v) is 18.0. The van der Waals surface area contributed by atoms with Crippen LogP contribution in [0.3, 0.4) is 0 Å². The molecule has 0 bridgehead atoms. The van der Waals surface area contributed by atoms with Crippen molar-refractivity contribution in [3.05, 3.63) is 18.2 Å². The predicted octanol–water partition coefficient (Wildman–Crippen LogP) is 2.62. The number of hydrogen-bond acceptors (Lipinski definition) is 5. The van der Waals surface area contributed by atoms with Crippen LogP contribution in [0.5, 0.6) is 17.2 Å². The van der Waals surface area contributed by atoms with Crippen molar-refractivity contribution in [3.63, 3.8) is 0 Å². The van der Waals surface area contributed by atoms with Crippen LogP contribution in [0, 0.1) is 0 Å². The lowest BCUT2D eigenvalue weighted by Gasteiger charge is -2.39. The second-order valence-electron chi connectivity index (χ2n) is 6.96. The number of methoxy groups -OCH3 is 2. The van der Waals surface area contributed by atoms with Crippen molar-refractivity contribution in [2.24, 2.45) is 4.99 Å². The molecule has 1 heterocycles. The smallest absolute Gasteiger partial charge is 0.403 e. The Morgan fingerprint density at radius 2 is 1.63 bits per heavy atom. The van der Waals surface area contributed by atoms with E-state index >= 15 is 0 Å². The topological polar surface area (TPSA) is 58.6 Å². The number of hydrogen-bond donors (Lipinski definition) is 1. The molecule has 1 unspecified atom stereocenters. The SMILES string of the molecule is CN=C(NCCCOc1cc(OC)cc(OC)c1)N1CCN(C(C)C(F)(F)F)CC1. The summed E-state index contributed by atoms with van der Waals surface area (Å²) in [5.74, 6) is 2.66. The quantitative estimate of drug-likeness (QED) is 0.387. The van der Waals surface area contributed by atoms with E-state index in [0.717, 1.165) is 6.42 Å². The van der Waals surface area contributed by atoms with Crippen LogP contribution in [0.4, 0.5) is 13.2 Å². The fourth-order valence-corrected chi connectivity index (χ4v) is 3.19. The number of alkyl halides is 3. The van der Waals surface area contributed by atoms with E-state index in [1.54, 1.807) is 39.5 Å². The van der Waals surface area contributed by atoms with E-state index in [1.807, 2.05) is 4.90 Å². The van der Waals surface area contributed by atoms with Crippen LogP contribution >= 0.6 is 0 Å². The van der Waals surface area contributed by atoms with Crippen molar-refractivity contribution < 1.29 is 27.4 Å². The number of guanidine groups is 1. The molecule has 30 heavy (non-hydrogen) atoms.